The van der Waals surface area contributed by atoms with E-state index in [1.54, 1.807) is 0 Å². The van der Waals surface area contributed by atoms with Crippen molar-refractivity contribution in [1.82, 2.24) is 0 Å². The van der Waals surface area contributed by atoms with Crippen LogP contribution in [0.4, 0.5) is 0 Å². The molecular weight excluding hydrogens is 216 g/mol. The van der Waals surface area contributed by atoms with Crippen molar-refractivity contribution in [3.05, 3.63) is 0 Å². The van der Waals surface area contributed by atoms with E-state index in [0.717, 1.165) is 35.5 Å². The second-order valence-electron chi connectivity index (χ2n) is 8.72. The lowest BCUT2D eigenvalue weighted by atomic mass is 9.62. The minimum Gasteiger partial charge on any atom is -0.0622 e. The zero-order valence-corrected chi connectivity index (χ0v) is 13.5. The summed E-state index contributed by atoms with van der Waals surface area (Å²) in [5, 5.41) is 0. The first-order valence-electron chi connectivity index (χ1n) is 8.29. The molecule has 0 aromatic carbocycles. The van der Waals surface area contributed by atoms with Crippen LogP contribution in [0, 0.1) is 40.9 Å². The molecule has 2 rings (SSSR count). The average molecular weight is 250 g/mol. The van der Waals surface area contributed by atoms with E-state index in [-0.39, 0.29) is 0 Å². The number of fused-ring (bicyclic) bond motifs is 1. The lowest BCUT2D eigenvalue weighted by molar-refractivity contribution is 0.0605. The SMILES string of the molecule is CC(CC(C)(C)C)C1CCC2C(C)CCC2C1C. The van der Waals surface area contributed by atoms with Gasteiger partial charge in [0.25, 0.3) is 0 Å². The molecule has 0 saturated heterocycles. The van der Waals surface area contributed by atoms with E-state index in [1.807, 2.05) is 0 Å². The fourth-order valence-corrected chi connectivity index (χ4v) is 5.34. The Morgan fingerprint density at radius 1 is 0.944 bits per heavy atom. The first-order valence-corrected chi connectivity index (χ1v) is 8.29. The highest BCUT2D eigenvalue weighted by Crippen LogP contribution is 2.52. The average Bonchev–Trinajstić information content (AvgIpc) is 2.59. The van der Waals surface area contributed by atoms with Crippen LogP contribution in [0.5, 0.6) is 0 Å². The standard InChI is InChI=1S/C18H34/c1-12-7-8-17-14(3)15(9-10-16(12)17)13(2)11-18(4,5)6/h12-17H,7-11H2,1-6H3. The maximum absolute atomic E-state index is 2.57. The molecule has 0 bridgehead atoms. The summed E-state index contributed by atoms with van der Waals surface area (Å²) in [6.07, 6.45) is 7.44. The van der Waals surface area contributed by atoms with Gasteiger partial charge in [0.05, 0.1) is 0 Å². The second-order valence-corrected chi connectivity index (χ2v) is 8.72. The first-order chi connectivity index (χ1) is 8.29. The summed E-state index contributed by atoms with van der Waals surface area (Å²) in [7, 11) is 0. The van der Waals surface area contributed by atoms with Crippen LogP contribution in [0.3, 0.4) is 0 Å². The van der Waals surface area contributed by atoms with Crippen LogP contribution in [-0.4, -0.2) is 0 Å². The molecule has 0 aromatic rings. The molecule has 0 amide bonds. The Bertz CT molecular complexity index is 272. The van der Waals surface area contributed by atoms with Crippen molar-refractivity contribution in [2.75, 3.05) is 0 Å². The van der Waals surface area contributed by atoms with Crippen molar-refractivity contribution >= 4 is 0 Å². The Morgan fingerprint density at radius 3 is 2.17 bits per heavy atom. The summed E-state index contributed by atoms with van der Waals surface area (Å²) in [5.41, 5.74) is 0.499. The Kier molecular flexibility index (Phi) is 4.14. The molecule has 6 unspecified atom stereocenters. The third-order valence-electron chi connectivity index (χ3n) is 6.09. The van der Waals surface area contributed by atoms with Crippen LogP contribution >= 0.6 is 0 Å². The third-order valence-corrected chi connectivity index (χ3v) is 6.09. The van der Waals surface area contributed by atoms with Gasteiger partial charge in [-0.1, -0.05) is 48.0 Å². The van der Waals surface area contributed by atoms with Crippen LogP contribution in [-0.2, 0) is 0 Å². The molecule has 0 heteroatoms. The first kappa shape index (κ1) is 14.4. The highest BCUT2D eigenvalue weighted by atomic mass is 14.5. The summed E-state index contributed by atoms with van der Waals surface area (Å²) in [6.45, 7) is 14.8. The van der Waals surface area contributed by atoms with Crippen molar-refractivity contribution in [2.24, 2.45) is 40.9 Å². The van der Waals surface area contributed by atoms with Gasteiger partial charge in [0.1, 0.15) is 0 Å². The summed E-state index contributed by atoms with van der Waals surface area (Å²) >= 11 is 0. The zero-order chi connectivity index (χ0) is 13.5. The van der Waals surface area contributed by atoms with Gasteiger partial charge in [0.15, 0.2) is 0 Å². The van der Waals surface area contributed by atoms with Crippen LogP contribution in [0.25, 0.3) is 0 Å². The predicted octanol–water partition coefficient (Wildman–Crippen LogP) is 5.77. The molecular formula is C18H34. The molecule has 2 aliphatic rings. The van der Waals surface area contributed by atoms with Gasteiger partial charge < -0.3 is 0 Å². The van der Waals surface area contributed by atoms with Crippen molar-refractivity contribution in [1.29, 1.82) is 0 Å². The predicted molar refractivity (Wildman–Crippen MR) is 80.5 cm³/mol. The Morgan fingerprint density at radius 2 is 1.56 bits per heavy atom. The molecule has 0 radical (unpaired) electrons. The minimum absolute atomic E-state index is 0.499. The maximum Gasteiger partial charge on any atom is -0.0355 e. The van der Waals surface area contributed by atoms with Crippen LogP contribution in [0.1, 0.15) is 73.6 Å². The van der Waals surface area contributed by atoms with Gasteiger partial charge in [-0.05, 0) is 66.6 Å². The molecule has 106 valence electrons. The van der Waals surface area contributed by atoms with Crippen molar-refractivity contribution in [3.8, 4) is 0 Å². The van der Waals surface area contributed by atoms with Gasteiger partial charge in [0, 0.05) is 0 Å². The molecule has 2 aliphatic carbocycles. The van der Waals surface area contributed by atoms with Crippen LogP contribution < -0.4 is 0 Å². The highest BCUT2D eigenvalue weighted by molar-refractivity contribution is 4.93. The largest absolute Gasteiger partial charge is 0.0622 e. The van der Waals surface area contributed by atoms with Gasteiger partial charge in [-0.25, -0.2) is 0 Å². The molecule has 0 nitrogen and oxygen atoms in total. The molecule has 0 spiro atoms. The molecule has 0 aliphatic heterocycles. The quantitative estimate of drug-likeness (QED) is 0.584. The molecule has 2 saturated carbocycles. The lowest BCUT2D eigenvalue weighted by Crippen LogP contribution is -2.35. The van der Waals surface area contributed by atoms with Crippen LogP contribution in [0.15, 0.2) is 0 Å². The summed E-state index contributed by atoms with van der Waals surface area (Å²) in [6, 6.07) is 0. The number of hydrogen-bond acceptors (Lipinski definition) is 0. The molecule has 0 aromatic heterocycles. The fourth-order valence-electron chi connectivity index (χ4n) is 5.34. The van der Waals surface area contributed by atoms with Crippen molar-refractivity contribution < 1.29 is 0 Å². The monoisotopic (exact) mass is 250 g/mol. The lowest BCUT2D eigenvalue weighted by Gasteiger charge is -2.43. The van der Waals surface area contributed by atoms with E-state index in [9.17, 15) is 0 Å². The Balaban J connectivity index is 1.99. The van der Waals surface area contributed by atoms with E-state index in [4.69, 9.17) is 0 Å². The van der Waals surface area contributed by atoms with E-state index in [2.05, 4.69) is 41.5 Å². The zero-order valence-electron chi connectivity index (χ0n) is 13.5. The summed E-state index contributed by atoms with van der Waals surface area (Å²) in [4.78, 5) is 0. The van der Waals surface area contributed by atoms with Crippen molar-refractivity contribution in [3.63, 3.8) is 0 Å². The number of hydrogen-bond donors (Lipinski definition) is 0. The highest BCUT2D eigenvalue weighted by Gasteiger charge is 2.44. The molecule has 0 heterocycles. The summed E-state index contributed by atoms with van der Waals surface area (Å²) < 4.78 is 0. The normalized spacial score (nSPS) is 42.7. The van der Waals surface area contributed by atoms with E-state index < -0.39 is 0 Å². The summed E-state index contributed by atoms with van der Waals surface area (Å²) in [5.74, 6) is 6.02. The van der Waals surface area contributed by atoms with E-state index in [1.165, 1.54) is 32.1 Å². The molecule has 2 fully saturated rings. The minimum atomic E-state index is 0.499. The fraction of sp³-hybridized carbons (Fsp3) is 1.00. The van der Waals surface area contributed by atoms with Gasteiger partial charge in [0.2, 0.25) is 0 Å². The Labute approximate surface area is 115 Å². The number of rotatable bonds is 2. The van der Waals surface area contributed by atoms with Gasteiger partial charge in [-0.15, -0.1) is 0 Å². The smallest absolute Gasteiger partial charge is 0.0355 e. The van der Waals surface area contributed by atoms with Gasteiger partial charge in [-0.2, -0.15) is 0 Å². The third kappa shape index (κ3) is 2.94. The van der Waals surface area contributed by atoms with E-state index >= 15 is 0 Å². The molecule has 0 N–H and O–H groups in total. The van der Waals surface area contributed by atoms with Crippen molar-refractivity contribution in [2.45, 2.75) is 73.6 Å². The van der Waals surface area contributed by atoms with Crippen LogP contribution in [0.2, 0.25) is 0 Å². The topological polar surface area (TPSA) is 0 Å². The maximum atomic E-state index is 2.57. The molecule has 6 atom stereocenters. The Hall–Kier alpha value is 0. The van der Waals surface area contributed by atoms with E-state index in [0.29, 0.717) is 5.41 Å². The molecule has 18 heavy (non-hydrogen) atoms. The second kappa shape index (κ2) is 5.17. The van der Waals surface area contributed by atoms with Gasteiger partial charge >= 0.3 is 0 Å². The van der Waals surface area contributed by atoms with Gasteiger partial charge in [-0.3, -0.25) is 0 Å².